The average Bonchev–Trinajstić information content (AvgIpc) is 3.38. The predicted molar refractivity (Wildman–Crippen MR) is 84.9 cm³/mol. The molecule has 0 N–H and O–H groups in total. The van der Waals surface area contributed by atoms with Crippen molar-refractivity contribution in [2.45, 2.75) is 18.9 Å². The maximum Gasteiger partial charge on any atom is 0.276 e. The first-order chi connectivity index (χ1) is 12.1. The third-order valence-electron chi connectivity index (χ3n) is 4.14. The number of rotatable bonds is 6. The van der Waals surface area contributed by atoms with Crippen molar-refractivity contribution in [3.8, 4) is 0 Å². The van der Waals surface area contributed by atoms with Crippen molar-refractivity contribution in [2.75, 3.05) is 33.8 Å². The molecule has 9 heteroatoms. The summed E-state index contributed by atoms with van der Waals surface area (Å²) in [4.78, 5) is 35.6. The lowest BCUT2D eigenvalue weighted by atomic mass is 10.1. The molecule has 0 bridgehead atoms. The van der Waals surface area contributed by atoms with E-state index in [1.165, 1.54) is 28.9 Å². The highest BCUT2D eigenvalue weighted by Crippen LogP contribution is 2.30. The van der Waals surface area contributed by atoms with Gasteiger partial charge in [0.05, 0.1) is 0 Å². The smallest absolute Gasteiger partial charge is 0.276 e. The van der Waals surface area contributed by atoms with Crippen molar-refractivity contribution < 1.29 is 23.2 Å². The molecule has 134 valence electrons. The van der Waals surface area contributed by atoms with Gasteiger partial charge in [0.2, 0.25) is 0 Å². The van der Waals surface area contributed by atoms with Gasteiger partial charge in [-0.25, -0.2) is 9.97 Å². The van der Waals surface area contributed by atoms with Crippen molar-refractivity contribution >= 4 is 11.8 Å². The lowest BCUT2D eigenvalue weighted by Crippen LogP contribution is -2.38. The highest BCUT2D eigenvalue weighted by atomic mass is 16.5. The van der Waals surface area contributed by atoms with Crippen LogP contribution in [0, 0.1) is 0 Å². The number of hydrogen-bond donors (Lipinski definition) is 0. The molecule has 1 unspecified atom stereocenters. The van der Waals surface area contributed by atoms with Crippen LogP contribution in [0.3, 0.4) is 0 Å². The van der Waals surface area contributed by atoms with E-state index >= 15 is 0 Å². The zero-order valence-electron chi connectivity index (χ0n) is 14.2. The zero-order valence-corrected chi connectivity index (χ0v) is 14.2. The van der Waals surface area contributed by atoms with Crippen LogP contribution in [0.25, 0.3) is 0 Å². The molecule has 1 saturated heterocycles. The highest BCUT2D eigenvalue weighted by Gasteiger charge is 2.29. The molecule has 25 heavy (non-hydrogen) atoms. The molecule has 0 aliphatic carbocycles. The second-order valence-electron chi connectivity index (χ2n) is 5.89. The second-order valence-corrected chi connectivity index (χ2v) is 5.89. The molecule has 1 fully saturated rings. The number of ether oxygens (including phenoxy) is 1. The Morgan fingerprint density at radius 3 is 2.56 bits per heavy atom. The SMILES string of the molecule is CN(CCN(C)C(=O)c1ncoc1C1CCCO1)C(=O)c1cocn1. The van der Waals surface area contributed by atoms with Gasteiger partial charge in [0, 0.05) is 33.8 Å². The molecule has 2 aromatic rings. The number of oxazole rings is 2. The summed E-state index contributed by atoms with van der Waals surface area (Å²) in [5, 5.41) is 0. The van der Waals surface area contributed by atoms with E-state index in [-0.39, 0.29) is 29.3 Å². The van der Waals surface area contributed by atoms with Gasteiger partial charge in [-0.3, -0.25) is 9.59 Å². The summed E-state index contributed by atoms with van der Waals surface area (Å²) >= 11 is 0. The van der Waals surface area contributed by atoms with Crippen LogP contribution in [0.5, 0.6) is 0 Å². The number of nitrogens with zero attached hydrogens (tertiary/aromatic N) is 4. The fraction of sp³-hybridized carbons (Fsp3) is 0.500. The van der Waals surface area contributed by atoms with Crippen LogP contribution in [-0.2, 0) is 4.74 Å². The van der Waals surface area contributed by atoms with Gasteiger partial charge >= 0.3 is 0 Å². The molecule has 2 aromatic heterocycles. The van der Waals surface area contributed by atoms with Crippen LogP contribution in [0.1, 0.15) is 45.7 Å². The first-order valence-corrected chi connectivity index (χ1v) is 8.02. The predicted octanol–water partition coefficient (Wildman–Crippen LogP) is 1.36. The van der Waals surface area contributed by atoms with E-state index in [0.717, 1.165) is 12.8 Å². The number of carbonyl (C=O) groups excluding carboxylic acids is 2. The van der Waals surface area contributed by atoms with Gasteiger partial charge < -0.3 is 23.4 Å². The van der Waals surface area contributed by atoms with Crippen LogP contribution < -0.4 is 0 Å². The summed E-state index contributed by atoms with van der Waals surface area (Å²) in [6, 6.07) is 0. The van der Waals surface area contributed by atoms with Crippen LogP contribution in [0.15, 0.2) is 27.9 Å². The minimum atomic E-state index is -0.268. The van der Waals surface area contributed by atoms with Gasteiger partial charge in [-0.2, -0.15) is 0 Å². The second kappa shape index (κ2) is 7.47. The van der Waals surface area contributed by atoms with Gasteiger partial charge in [0.25, 0.3) is 11.8 Å². The summed E-state index contributed by atoms with van der Waals surface area (Å²) < 4.78 is 15.7. The van der Waals surface area contributed by atoms with E-state index in [1.807, 2.05) is 0 Å². The zero-order chi connectivity index (χ0) is 17.8. The largest absolute Gasteiger partial charge is 0.451 e. The Morgan fingerprint density at radius 2 is 1.92 bits per heavy atom. The third kappa shape index (κ3) is 3.71. The van der Waals surface area contributed by atoms with E-state index in [9.17, 15) is 9.59 Å². The van der Waals surface area contributed by atoms with Gasteiger partial charge in [0.1, 0.15) is 12.4 Å². The van der Waals surface area contributed by atoms with Crippen LogP contribution in [0.4, 0.5) is 0 Å². The molecular formula is C16H20N4O5. The number of hydrogen-bond acceptors (Lipinski definition) is 7. The van der Waals surface area contributed by atoms with Gasteiger partial charge in [0.15, 0.2) is 29.9 Å². The van der Waals surface area contributed by atoms with E-state index in [1.54, 1.807) is 14.1 Å². The maximum absolute atomic E-state index is 12.6. The summed E-state index contributed by atoms with van der Waals surface area (Å²) in [6.45, 7) is 1.35. The maximum atomic E-state index is 12.6. The molecule has 0 radical (unpaired) electrons. The van der Waals surface area contributed by atoms with Crippen molar-refractivity contribution in [1.82, 2.24) is 19.8 Å². The summed E-state index contributed by atoms with van der Waals surface area (Å²) in [5.41, 5.74) is 0.494. The van der Waals surface area contributed by atoms with Crippen LogP contribution in [0.2, 0.25) is 0 Å². The molecule has 0 spiro atoms. The van der Waals surface area contributed by atoms with Gasteiger partial charge in [-0.15, -0.1) is 0 Å². The van der Waals surface area contributed by atoms with E-state index in [0.29, 0.717) is 25.5 Å². The van der Waals surface area contributed by atoms with Crippen molar-refractivity contribution in [1.29, 1.82) is 0 Å². The minimum Gasteiger partial charge on any atom is -0.451 e. The Labute approximate surface area is 144 Å². The molecule has 1 aliphatic heterocycles. The summed E-state index contributed by atoms with van der Waals surface area (Å²) in [6.07, 6.45) is 5.28. The Kier molecular flexibility index (Phi) is 5.13. The average molecular weight is 348 g/mol. The lowest BCUT2D eigenvalue weighted by molar-refractivity contribution is 0.0695. The molecule has 1 atom stereocenters. The van der Waals surface area contributed by atoms with Gasteiger partial charge in [-0.05, 0) is 12.8 Å². The first-order valence-electron chi connectivity index (χ1n) is 8.02. The highest BCUT2D eigenvalue weighted by molar-refractivity contribution is 5.93. The number of carbonyl (C=O) groups is 2. The monoisotopic (exact) mass is 348 g/mol. The molecule has 0 saturated carbocycles. The third-order valence-corrected chi connectivity index (χ3v) is 4.14. The van der Waals surface area contributed by atoms with Crippen molar-refractivity contribution in [3.05, 3.63) is 36.2 Å². The molecule has 9 nitrogen and oxygen atoms in total. The van der Waals surface area contributed by atoms with Gasteiger partial charge in [-0.1, -0.05) is 0 Å². The summed E-state index contributed by atoms with van der Waals surface area (Å²) in [7, 11) is 3.30. The van der Waals surface area contributed by atoms with Crippen LogP contribution in [-0.4, -0.2) is 65.4 Å². The lowest BCUT2D eigenvalue weighted by Gasteiger charge is -2.21. The number of amides is 2. The fourth-order valence-corrected chi connectivity index (χ4v) is 2.63. The number of likely N-dealkylation sites (N-methyl/N-ethyl adjacent to an activating group) is 2. The minimum absolute atomic E-state index is 0.216. The molecule has 3 rings (SSSR count). The normalized spacial score (nSPS) is 16.8. The molecule has 2 amide bonds. The molecule has 1 aliphatic rings. The Balaban J connectivity index is 1.58. The Morgan fingerprint density at radius 1 is 1.16 bits per heavy atom. The van der Waals surface area contributed by atoms with Crippen molar-refractivity contribution in [3.63, 3.8) is 0 Å². The summed E-state index contributed by atoms with van der Waals surface area (Å²) in [5.74, 6) is -0.0565. The molecule has 0 aromatic carbocycles. The van der Waals surface area contributed by atoms with E-state index < -0.39 is 0 Å². The standard InChI is InChI=1S/C16H20N4O5/c1-19(15(21)11-8-23-9-17-11)5-6-20(2)16(22)13-14(25-10-18-13)12-4-3-7-24-12/h8-10,12H,3-7H2,1-2H3. The quantitative estimate of drug-likeness (QED) is 0.776. The number of aromatic nitrogens is 2. The Bertz CT molecular complexity index is 721. The van der Waals surface area contributed by atoms with E-state index in [4.69, 9.17) is 13.6 Å². The van der Waals surface area contributed by atoms with E-state index in [2.05, 4.69) is 9.97 Å². The molecular weight excluding hydrogens is 328 g/mol. The topological polar surface area (TPSA) is 102 Å². The fourth-order valence-electron chi connectivity index (χ4n) is 2.63. The first kappa shape index (κ1) is 17.2. The Hall–Kier alpha value is -2.68. The molecule has 3 heterocycles. The van der Waals surface area contributed by atoms with Crippen LogP contribution >= 0.6 is 0 Å². The van der Waals surface area contributed by atoms with Crippen molar-refractivity contribution in [2.24, 2.45) is 0 Å².